The van der Waals surface area contributed by atoms with Crippen LogP contribution in [0, 0.1) is 6.92 Å². The fraction of sp³-hybridized carbons (Fsp3) is 0.282. The van der Waals surface area contributed by atoms with Crippen LogP contribution < -0.4 is 15.7 Å². The Balaban J connectivity index is 1.25. The van der Waals surface area contributed by atoms with Crippen LogP contribution >= 0.6 is 15.9 Å². The maximum Gasteiger partial charge on any atom is 0.333 e. The van der Waals surface area contributed by atoms with Gasteiger partial charge in [0, 0.05) is 40.4 Å². The molecule has 1 unspecified atom stereocenters. The van der Waals surface area contributed by atoms with Crippen LogP contribution in [0.3, 0.4) is 0 Å². The first-order valence-electron chi connectivity index (χ1n) is 16.7. The van der Waals surface area contributed by atoms with Crippen molar-refractivity contribution in [1.82, 2.24) is 24.3 Å². The molecule has 1 aliphatic heterocycles. The number of hydrogen-bond donors (Lipinski definition) is 1. The summed E-state index contributed by atoms with van der Waals surface area (Å²) in [5, 5.41) is 3.10. The molecule has 2 aliphatic rings. The van der Waals surface area contributed by atoms with Crippen molar-refractivity contribution in [2.24, 2.45) is 0 Å². The van der Waals surface area contributed by atoms with Gasteiger partial charge in [-0.25, -0.2) is 4.79 Å². The third-order valence-corrected chi connectivity index (χ3v) is 10.1. The Hall–Kier alpha value is -4.96. The molecule has 0 saturated heterocycles. The van der Waals surface area contributed by atoms with Gasteiger partial charge in [-0.05, 0) is 98.8 Å². The minimum Gasteiger partial charge on any atom is -0.490 e. The van der Waals surface area contributed by atoms with E-state index in [0.717, 1.165) is 57.6 Å². The zero-order chi connectivity index (χ0) is 34.2. The molecule has 3 heterocycles. The summed E-state index contributed by atoms with van der Waals surface area (Å²) < 4.78 is 9.97. The predicted molar refractivity (Wildman–Crippen MR) is 192 cm³/mol. The van der Waals surface area contributed by atoms with Crippen LogP contribution in [0.2, 0.25) is 0 Å². The Morgan fingerprint density at radius 2 is 1.78 bits per heavy atom. The molecule has 0 spiro atoms. The molecule has 2 aromatic heterocycles. The van der Waals surface area contributed by atoms with E-state index in [1.54, 1.807) is 27.7 Å². The molecule has 10 heteroatoms. The number of hydrogen-bond acceptors (Lipinski definition) is 5. The van der Waals surface area contributed by atoms with Crippen LogP contribution in [0.15, 0.2) is 94.2 Å². The van der Waals surface area contributed by atoms with Crippen LogP contribution in [0.25, 0.3) is 16.9 Å². The van der Waals surface area contributed by atoms with Crippen molar-refractivity contribution in [1.29, 1.82) is 0 Å². The number of carbonyl (C=O) groups excluding carboxylic acids is 2. The summed E-state index contributed by atoms with van der Waals surface area (Å²) in [7, 11) is 0. The van der Waals surface area contributed by atoms with Gasteiger partial charge in [0.1, 0.15) is 11.4 Å². The number of aryl methyl sites for hydroxylation is 2. The number of amides is 2. The Bertz CT molecular complexity index is 2120. The van der Waals surface area contributed by atoms with Gasteiger partial charge in [0.25, 0.3) is 11.8 Å². The number of pyridine rings is 1. The number of benzene rings is 3. The zero-order valence-electron chi connectivity index (χ0n) is 27.8. The Labute approximate surface area is 293 Å². The summed E-state index contributed by atoms with van der Waals surface area (Å²) in [6.07, 6.45) is 3.12. The number of imidazole rings is 1. The van der Waals surface area contributed by atoms with Crippen LogP contribution in [-0.4, -0.2) is 43.0 Å². The standard InChI is InChI=1S/C39H38BrN5O4/c1-4-28-9-7-11-34(42-28)32-10-6-5-8-27(32)21-41-37(46)36-35-23-43(38(47)26-12-19-33(40)24(2)20-26)25(3)22-44(35)39(48)45(36)29-13-15-30(16-14-29)49-31-17-18-31/h5-16,19-20,25,31H,4,17-18,21-23H2,1-3H3,(H,41,46). The van der Waals surface area contributed by atoms with Crippen molar-refractivity contribution in [3.8, 4) is 22.7 Å². The number of fused-ring (bicyclic) bond motifs is 1. The van der Waals surface area contributed by atoms with Crippen molar-refractivity contribution in [2.45, 2.75) is 71.8 Å². The number of aromatic nitrogens is 3. The SMILES string of the molecule is CCc1cccc(-c2ccccc2CNC(=O)c2c3n(c(=O)n2-c2ccc(OC4CC4)cc2)CC(C)N(C(=O)c2ccc(Br)c(C)c2)C3)n1. The quantitative estimate of drug-likeness (QED) is 0.180. The van der Waals surface area contributed by atoms with Gasteiger partial charge < -0.3 is 15.0 Å². The van der Waals surface area contributed by atoms with Crippen molar-refractivity contribution in [3.05, 3.63) is 134 Å². The van der Waals surface area contributed by atoms with E-state index in [0.29, 0.717) is 16.9 Å². The zero-order valence-corrected chi connectivity index (χ0v) is 29.4. The Morgan fingerprint density at radius 1 is 1.00 bits per heavy atom. The molecule has 0 bridgehead atoms. The second kappa shape index (κ2) is 13.5. The van der Waals surface area contributed by atoms with Gasteiger partial charge in [-0.1, -0.05) is 53.2 Å². The van der Waals surface area contributed by atoms with E-state index in [9.17, 15) is 14.4 Å². The highest BCUT2D eigenvalue weighted by molar-refractivity contribution is 9.10. The molecule has 5 aromatic rings. The van der Waals surface area contributed by atoms with Gasteiger partial charge in [0.15, 0.2) is 0 Å². The van der Waals surface area contributed by atoms with Gasteiger partial charge in [-0.15, -0.1) is 0 Å². The van der Waals surface area contributed by atoms with Crippen LogP contribution in [0.5, 0.6) is 5.75 Å². The third kappa shape index (κ3) is 6.57. The van der Waals surface area contributed by atoms with E-state index in [1.165, 1.54) is 4.57 Å². The largest absolute Gasteiger partial charge is 0.490 e. The molecule has 1 N–H and O–H groups in total. The molecule has 1 atom stereocenters. The second-order valence-corrected chi connectivity index (χ2v) is 13.6. The van der Waals surface area contributed by atoms with Crippen molar-refractivity contribution < 1.29 is 14.3 Å². The smallest absolute Gasteiger partial charge is 0.333 e. The topological polar surface area (TPSA) is 98.5 Å². The summed E-state index contributed by atoms with van der Waals surface area (Å²) in [5.74, 6) is 0.163. The predicted octanol–water partition coefficient (Wildman–Crippen LogP) is 6.85. The fourth-order valence-electron chi connectivity index (χ4n) is 6.37. The fourth-order valence-corrected chi connectivity index (χ4v) is 6.61. The van der Waals surface area contributed by atoms with Crippen molar-refractivity contribution in [3.63, 3.8) is 0 Å². The maximum absolute atomic E-state index is 14.3. The molecule has 250 valence electrons. The first-order chi connectivity index (χ1) is 23.7. The third-order valence-electron chi connectivity index (χ3n) is 9.25. The van der Waals surface area contributed by atoms with E-state index in [2.05, 4.69) is 28.2 Å². The first kappa shape index (κ1) is 32.6. The van der Waals surface area contributed by atoms with E-state index < -0.39 is 5.91 Å². The minimum atomic E-state index is -0.407. The average Bonchev–Trinajstić information content (AvgIpc) is 3.90. The number of nitrogens with zero attached hydrogens (tertiary/aromatic N) is 4. The lowest BCUT2D eigenvalue weighted by Gasteiger charge is -2.34. The van der Waals surface area contributed by atoms with Gasteiger partial charge in [0.2, 0.25) is 0 Å². The normalized spacial score (nSPS) is 15.5. The molecule has 3 aromatic carbocycles. The summed E-state index contributed by atoms with van der Waals surface area (Å²) in [5.41, 5.74) is 6.08. The van der Waals surface area contributed by atoms with Gasteiger partial charge >= 0.3 is 5.69 Å². The van der Waals surface area contributed by atoms with E-state index in [-0.39, 0.29) is 49.1 Å². The van der Waals surface area contributed by atoms with E-state index in [1.807, 2.05) is 80.6 Å². The molecule has 1 fully saturated rings. The highest BCUT2D eigenvalue weighted by Gasteiger charge is 2.35. The van der Waals surface area contributed by atoms with E-state index in [4.69, 9.17) is 9.72 Å². The summed E-state index contributed by atoms with van der Waals surface area (Å²) in [6, 6.07) is 26.3. The average molecular weight is 721 g/mol. The summed E-state index contributed by atoms with van der Waals surface area (Å²) >= 11 is 3.52. The summed E-state index contributed by atoms with van der Waals surface area (Å²) in [6.45, 7) is 6.52. The van der Waals surface area contributed by atoms with Gasteiger partial charge in [0.05, 0.1) is 29.7 Å². The van der Waals surface area contributed by atoms with Crippen molar-refractivity contribution in [2.75, 3.05) is 0 Å². The Morgan fingerprint density at radius 3 is 2.51 bits per heavy atom. The molecular weight excluding hydrogens is 682 g/mol. The molecule has 1 aliphatic carbocycles. The van der Waals surface area contributed by atoms with Gasteiger partial charge in [-0.2, -0.15) is 0 Å². The van der Waals surface area contributed by atoms with Crippen LogP contribution in [0.4, 0.5) is 0 Å². The number of ether oxygens (including phenoxy) is 1. The molecule has 7 rings (SSSR count). The Kier molecular flexibility index (Phi) is 8.98. The monoisotopic (exact) mass is 719 g/mol. The molecule has 49 heavy (non-hydrogen) atoms. The molecular formula is C39H38BrN5O4. The van der Waals surface area contributed by atoms with Gasteiger partial charge in [-0.3, -0.25) is 23.7 Å². The summed E-state index contributed by atoms with van der Waals surface area (Å²) in [4.78, 5) is 48.9. The van der Waals surface area contributed by atoms with Crippen molar-refractivity contribution >= 4 is 27.7 Å². The molecule has 0 radical (unpaired) electrons. The second-order valence-electron chi connectivity index (χ2n) is 12.8. The van der Waals surface area contributed by atoms with E-state index >= 15 is 0 Å². The number of carbonyl (C=O) groups is 2. The molecule has 9 nitrogen and oxygen atoms in total. The highest BCUT2D eigenvalue weighted by Crippen LogP contribution is 2.29. The lowest BCUT2D eigenvalue weighted by Crippen LogP contribution is -2.47. The molecule has 2 amide bonds. The van der Waals surface area contributed by atoms with Crippen LogP contribution in [0.1, 0.15) is 70.1 Å². The number of halogens is 1. The minimum absolute atomic E-state index is 0.104. The first-order valence-corrected chi connectivity index (χ1v) is 17.5. The number of nitrogens with one attached hydrogen (secondary N) is 1. The highest BCUT2D eigenvalue weighted by atomic mass is 79.9. The maximum atomic E-state index is 14.3. The lowest BCUT2D eigenvalue weighted by atomic mass is 10.0. The van der Waals surface area contributed by atoms with Crippen LogP contribution in [-0.2, 0) is 26.1 Å². The molecule has 1 saturated carbocycles. The lowest BCUT2D eigenvalue weighted by molar-refractivity contribution is 0.0610. The number of rotatable bonds is 9.